The van der Waals surface area contributed by atoms with E-state index < -0.39 is 63.0 Å². The number of halogens is 10. The normalized spacial score (nSPS) is 20.0. The van der Waals surface area contributed by atoms with Crippen LogP contribution in [0, 0.1) is 12.7 Å². The van der Waals surface area contributed by atoms with Crippen LogP contribution < -0.4 is 0 Å². The molecule has 3 atom stereocenters. The fourth-order valence-electron chi connectivity index (χ4n) is 6.03. The number of carbonyl (C=O) groups excluding carboxylic acids is 2. The first-order valence-corrected chi connectivity index (χ1v) is 16.8. The number of hydrogen-bond donors (Lipinski definition) is 1. The standard InChI is InChI=1S/C30H35F7N4O2.CHF3O3S/c1-18-13-24(31)5-6-26(18)27-17-25(40-11-9-39(10-12-40)20(3)42)7-8-41(27)28(43)38(4)19(2)21-14-22(29(32,33)34)16-23(15-21)30(35,36)37;2-1(3,4)8(5,6)7/h5-6,13-16,19,25,27H,7-12,17H2,1-4H3;(H,5,6,7)/t19-,25+,27-;/m1./s1. The van der Waals surface area contributed by atoms with Crippen LogP contribution >= 0.6 is 0 Å². The zero-order valence-corrected chi connectivity index (χ0v) is 28.5. The van der Waals surface area contributed by atoms with Crippen LogP contribution in [0.2, 0.25) is 0 Å². The largest absolute Gasteiger partial charge is 0.522 e. The van der Waals surface area contributed by atoms with Crippen LogP contribution in [-0.4, -0.2) is 95.8 Å². The van der Waals surface area contributed by atoms with Gasteiger partial charge in [0.2, 0.25) is 5.91 Å². The molecule has 0 radical (unpaired) electrons. The second kappa shape index (κ2) is 15.5. The van der Waals surface area contributed by atoms with Crippen molar-refractivity contribution in [1.29, 1.82) is 0 Å². The molecule has 9 nitrogen and oxygen atoms in total. The maximum Gasteiger partial charge on any atom is 0.522 e. The Morgan fingerprint density at radius 3 is 1.82 bits per heavy atom. The van der Waals surface area contributed by atoms with E-state index in [1.54, 1.807) is 22.8 Å². The van der Waals surface area contributed by atoms with Crippen LogP contribution in [0.3, 0.4) is 0 Å². The van der Waals surface area contributed by atoms with E-state index in [1.165, 1.54) is 33.0 Å². The van der Waals surface area contributed by atoms with Crippen LogP contribution in [0.1, 0.15) is 66.6 Å². The van der Waals surface area contributed by atoms with Crippen molar-refractivity contribution in [2.45, 2.75) is 69.6 Å². The van der Waals surface area contributed by atoms with Crippen molar-refractivity contribution in [3.8, 4) is 0 Å². The van der Waals surface area contributed by atoms with Gasteiger partial charge < -0.3 is 14.7 Å². The summed E-state index contributed by atoms with van der Waals surface area (Å²) in [5, 5.41) is 0. The molecule has 2 aromatic rings. The molecule has 0 aliphatic carbocycles. The van der Waals surface area contributed by atoms with E-state index in [0.29, 0.717) is 62.3 Å². The number of piperazine rings is 1. The van der Waals surface area contributed by atoms with Crippen molar-refractivity contribution in [3.05, 3.63) is 70.0 Å². The fraction of sp³-hybridized carbons (Fsp3) is 0.548. The van der Waals surface area contributed by atoms with Gasteiger partial charge in [-0.3, -0.25) is 14.2 Å². The van der Waals surface area contributed by atoms with E-state index in [0.717, 1.165) is 4.90 Å². The predicted octanol–water partition coefficient (Wildman–Crippen LogP) is 7.05. The summed E-state index contributed by atoms with van der Waals surface area (Å²) in [6.45, 7) is 7.36. The van der Waals surface area contributed by atoms with Crippen LogP contribution in [0.5, 0.6) is 0 Å². The Bertz CT molecular complexity index is 1640. The lowest BCUT2D eigenvalue weighted by Crippen LogP contribution is -2.56. The highest BCUT2D eigenvalue weighted by Gasteiger charge is 2.44. The molecule has 4 rings (SSSR count). The van der Waals surface area contributed by atoms with E-state index in [9.17, 15) is 53.5 Å². The number of urea groups is 1. The molecule has 1 N–H and O–H groups in total. The van der Waals surface area contributed by atoms with Crippen molar-refractivity contribution < 1.29 is 66.5 Å². The Balaban J connectivity index is 0.000000783. The number of alkyl halides is 9. The first kappa shape index (κ1) is 41.8. The number of amides is 3. The van der Waals surface area contributed by atoms with Crippen molar-refractivity contribution in [1.82, 2.24) is 19.6 Å². The average molecular weight is 767 g/mol. The molecule has 2 heterocycles. The highest BCUT2D eigenvalue weighted by Crippen LogP contribution is 2.40. The van der Waals surface area contributed by atoms with Gasteiger partial charge in [-0.2, -0.15) is 47.9 Å². The third-order valence-corrected chi connectivity index (χ3v) is 9.54. The molecule has 0 bridgehead atoms. The lowest BCUT2D eigenvalue weighted by atomic mass is 9.88. The molecule has 2 aliphatic rings. The van der Waals surface area contributed by atoms with Gasteiger partial charge in [-0.25, -0.2) is 9.18 Å². The highest BCUT2D eigenvalue weighted by atomic mass is 32.2. The smallest absolute Gasteiger partial charge is 0.340 e. The van der Waals surface area contributed by atoms with E-state index >= 15 is 0 Å². The molecule has 2 saturated heterocycles. The molecule has 0 saturated carbocycles. The number of rotatable bonds is 4. The van der Waals surface area contributed by atoms with E-state index in [4.69, 9.17) is 13.0 Å². The summed E-state index contributed by atoms with van der Waals surface area (Å²) in [6.07, 6.45) is -8.96. The predicted molar refractivity (Wildman–Crippen MR) is 163 cm³/mol. The third-order valence-electron chi connectivity index (χ3n) is 8.95. The Morgan fingerprint density at radius 2 is 1.39 bits per heavy atom. The number of carbonyl (C=O) groups is 2. The SMILES string of the molecule is CC(=O)N1CCN([C@H]2CCN(C(=O)N(C)[C@H](C)c3cc(C(F)(F)F)cc(C(F)(F)F)c3)[C@@H](c3ccc(F)cc3C)C2)CC1.O=S(=O)(O)C(F)(F)F. The minimum atomic E-state index is -5.84. The molecular formula is C31H36F10N4O5S. The summed E-state index contributed by atoms with van der Waals surface area (Å²) in [7, 11) is -4.49. The quantitative estimate of drug-likeness (QED) is 0.204. The average Bonchev–Trinajstić information content (AvgIpc) is 3.02. The van der Waals surface area contributed by atoms with Crippen LogP contribution in [0.4, 0.5) is 48.7 Å². The van der Waals surface area contributed by atoms with Gasteiger partial charge in [-0.05, 0) is 73.7 Å². The Morgan fingerprint density at radius 1 is 0.882 bits per heavy atom. The molecule has 20 heteroatoms. The van der Waals surface area contributed by atoms with Crippen molar-refractivity contribution in [2.24, 2.45) is 0 Å². The molecule has 2 aliphatic heterocycles. The minimum Gasteiger partial charge on any atom is -0.340 e. The molecule has 286 valence electrons. The monoisotopic (exact) mass is 766 g/mol. The van der Waals surface area contributed by atoms with Gasteiger partial charge in [-0.15, -0.1) is 0 Å². The molecule has 2 fully saturated rings. The van der Waals surface area contributed by atoms with Gasteiger partial charge in [-0.1, -0.05) is 6.07 Å². The highest BCUT2D eigenvalue weighted by molar-refractivity contribution is 7.86. The summed E-state index contributed by atoms with van der Waals surface area (Å²) in [4.78, 5) is 32.4. The summed E-state index contributed by atoms with van der Waals surface area (Å²) in [6, 6.07) is 3.46. The fourth-order valence-corrected chi connectivity index (χ4v) is 6.03. The zero-order chi connectivity index (χ0) is 38.9. The summed E-state index contributed by atoms with van der Waals surface area (Å²) >= 11 is 0. The molecule has 51 heavy (non-hydrogen) atoms. The third kappa shape index (κ3) is 10.5. The van der Waals surface area contributed by atoms with Gasteiger partial charge in [0.15, 0.2) is 0 Å². The second-order valence-electron chi connectivity index (χ2n) is 12.3. The first-order chi connectivity index (χ1) is 23.2. The molecule has 2 aromatic carbocycles. The number of aryl methyl sites for hydroxylation is 1. The molecular weight excluding hydrogens is 730 g/mol. The topological polar surface area (TPSA) is 101 Å². The Kier molecular flexibility index (Phi) is 12.7. The molecule has 0 spiro atoms. The van der Waals surface area contributed by atoms with E-state index in [2.05, 4.69) is 4.90 Å². The lowest BCUT2D eigenvalue weighted by molar-refractivity contribution is -0.143. The van der Waals surface area contributed by atoms with Crippen molar-refractivity contribution in [3.63, 3.8) is 0 Å². The van der Waals surface area contributed by atoms with Crippen LogP contribution in [0.15, 0.2) is 36.4 Å². The maximum absolute atomic E-state index is 14.0. The number of piperidine rings is 1. The van der Waals surface area contributed by atoms with E-state index in [1.807, 2.05) is 0 Å². The van der Waals surface area contributed by atoms with Gasteiger partial charge in [0.1, 0.15) is 5.82 Å². The van der Waals surface area contributed by atoms with Crippen molar-refractivity contribution in [2.75, 3.05) is 39.8 Å². The first-order valence-electron chi connectivity index (χ1n) is 15.3. The van der Waals surface area contributed by atoms with Gasteiger partial charge in [0, 0.05) is 52.7 Å². The van der Waals surface area contributed by atoms with Crippen molar-refractivity contribution >= 4 is 22.1 Å². The lowest BCUT2D eigenvalue weighted by Gasteiger charge is -2.47. The second-order valence-corrected chi connectivity index (χ2v) is 13.7. The zero-order valence-electron chi connectivity index (χ0n) is 27.7. The number of nitrogens with zero attached hydrogens (tertiary/aromatic N) is 4. The summed E-state index contributed by atoms with van der Waals surface area (Å²) in [5.41, 5.74) is -7.40. The van der Waals surface area contributed by atoms with Gasteiger partial charge in [0.25, 0.3) is 0 Å². The van der Waals surface area contributed by atoms with Crippen LogP contribution in [-0.2, 0) is 27.3 Å². The molecule has 3 amide bonds. The molecule has 0 unspecified atom stereocenters. The van der Waals surface area contributed by atoms with Gasteiger partial charge >= 0.3 is 34.0 Å². The van der Waals surface area contributed by atoms with Gasteiger partial charge in [0.05, 0.1) is 23.2 Å². The Hall–Kier alpha value is -3.65. The minimum absolute atomic E-state index is 0.000149. The molecule has 0 aromatic heterocycles. The number of hydrogen-bond acceptors (Lipinski definition) is 5. The number of likely N-dealkylation sites (tertiary alicyclic amines) is 1. The maximum atomic E-state index is 14.0. The Labute approximate surface area is 287 Å². The summed E-state index contributed by atoms with van der Waals surface area (Å²) in [5.74, 6) is -0.442. The number of benzene rings is 2. The van der Waals surface area contributed by atoms with Crippen LogP contribution in [0.25, 0.3) is 0 Å². The van der Waals surface area contributed by atoms with E-state index in [-0.39, 0.29) is 30.1 Å². The summed E-state index contributed by atoms with van der Waals surface area (Å²) < 4.78 is 153.